The third kappa shape index (κ3) is 3.82. The lowest BCUT2D eigenvalue weighted by Crippen LogP contribution is -2.10. The second-order valence-corrected chi connectivity index (χ2v) is 5.69. The van der Waals surface area contributed by atoms with E-state index in [2.05, 4.69) is 45.0 Å². The molecular formula is C17H19FO. The molecule has 0 atom stereocenters. The molecule has 0 spiro atoms. The van der Waals surface area contributed by atoms with Gasteiger partial charge in [-0.3, -0.25) is 0 Å². The van der Waals surface area contributed by atoms with Crippen LogP contribution >= 0.6 is 0 Å². The van der Waals surface area contributed by atoms with Gasteiger partial charge in [0.1, 0.15) is 18.2 Å². The SMILES string of the molecule is CC(C)(C)c1ccc(COc2ccc(F)cc2)cc1. The Hall–Kier alpha value is -1.83. The van der Waals surface area contributed by atoms with Crippen molar-refractivity contribution in [2.45, 2.75) is 32.8 Å². The van der Waals surface area contributed by atoms with E-state index < -0.39 is 0 Å². The highest BCUT2D eigenvalue weighted by molar-refractivity contribution is 5.28. The average molecular weight is 258 g/mol. The van der Waals surface area contributed by atoms with Crippen molar-refractivity contribution in [1.82, 2.24) is 0 Å². The number of ether oxygens (including phenoxy) is 1. The minimum atomic E-state index is -0.248. The van der Waals surface area contributed by atoms with Crippen LogP contribution in [-0.4, -0.2) is 0 Å². The largest absolute Gasteiger partial charge is 0.489 e. The van der Waals surface area contributed by atoms with E-state index in [1.54, 1.807) is 12.1 Å². The van der Waals surface area contributed by atoms with Gasteiger partial charge in [-0.15, -0.1) is 0 Å². The molecule has 0 amide bonds. The zero-order valence-corrected chi connectivity index (χ0v) is 11.6. The predicted molar refractivity (Wildman–Crippen MR) is 75.9 cm³/mol. The summed E-state index contributed by atoms with van der Waals surface area (Å²) in [4.78, 5) is 0. The molecule has 0 saturated carbocycles. The Morgan fingerprint density at radius 3 is 2.00 bits per heavy atom. The van der Waals surface area contributed by atoms with E-state index in [0.717, 1.165) is 5.56 Å². The topological polar surface area (TPSA) is 9.23 Å². The first kappa shape index (κ1) is 13.6. The fraction of sp³-hybridized carbons (Fsp3) is 0.294. The molecule has 0 aliphatic rings. The number of hydrogen-bond donors (Lipinski definition) is 0. The van der Waals surface area contributed by atoms with Crippen molar-refractivity contribution in [3.63, 3.8) is 0 Å². The van der Waals surface area contributed by atoms with Crippen LogP contribution in [0.25, 0.3) is 0 Å². The molecule has 0 heterocycles. The molecule has 2 aromatic carbocycles. The van der Waals surface area contributed by atoms with Crippen LogP contribution in [0.15, 0.2) is 48.5 Å². The number of hydrogen-bond acceptors (Lipinski definition) is 1. The van der Waals surface area contributed by atoms with Crippen LogP contribution in [0.5, 0.6) is 5.75 Å². The molecule has 0 aliphatic heterocycles. The van der Waals surface area contributed by atoms with E-state index in [1.165, 1.54) is 17.7 Å². The van der Waals surface area contributed by atoms with Crippen LogP contribution in [0, 0.1) is 5.82 Å². The molecule has 0 unspecified atom stereocenters. The van der Waals surface area contributed by atoms with E-state index >= 15 is 0 Å². The molecular weight excluding hydrogens is 239 g/mol. The fourth-order valence-electron chi connectivity index (χ4n) is 1.80. The van der Waals surface area contributed by atoms with Gasteiger partial charge in [0, 0.05) is 0 Å². The molecule has 0 fully saturated rings. The van der Waals surface area contributed by atoms with Gasteiger partial charge >= 0.3 is 0 Å². The molecule has 0 N–H and O–H groups in total. The normalized spacial score (nSPS) is 11.4. The van der Waals surface area contributed by atoms with Crippen molar-refractivity contribution in [3.8, 4) is 5.75 Å². The van der Waals surface area contributed by atoms with Gasteiger partial charge in [0.15, 0.2) is 0 Å². The Morgan fingerprint density at radius 1 is 0.895 bits per heavy atom. The van der Waals surface area contributed by atoms with Gasteiger partial charge in [0.05, 0.1) is 0 Å². The minimum absolute atomic E-state index is 0.163. The molecule has 1 nitrogen and oxygen atoms in total. The van der Waals surface area contributed by atoms with Gasteiger partial charge in [-0.05, 0) is 40.8 Å². The summed E-state index contributed by atoms with van der Waals surface area (Å²) in [6.45, 7) is 7.07. The third-order valence-electron chi connectivity index (χ3n) is 3.04. The maximum atomic E-state index is 12.8. The zero-order chi connectivity index (χ0) is 13.9. The van der Waals surface area contributed by atoms with Crippen molar-refractivity contribution < 1.29 is 9.13 Å². The molecule has 100 valence electrons. The molecule has 2 heteroatoms. The molecule has 2 aromatic rings. The van der Waals surface area contributed by atoms with Crippen LogP contribution in [0.4, 0.5) is 4.39 Å². The molecule has 0 radical (unpaired) electrons. The van der Waals surface area contributed by atoms with Gasteiger partial charge in [0.2, 0.25) is 0 Å². The van der Waals surface area contributed by atoms with E-state index in [-0.39, 0.29) is 11.2 Å². The first-order valence-electron chi connectivity index (χ1n) is 6.43. The summed E-state index contributed by atoms with van der Waals surface area (Å²) in [5.41, 5.74) is 2.58. The Labute approximate surface area is 114 Å². The molecule has 0 saturated heterocycles. The molecule has 0 aromatic heterocycles. The second-order valence-electron chi connectivity index (χ2n) is 5.69. The Bertz CT molecular complexity index is 521. The van der Waals surface area contributed by atoms with E-state index in [4.69, 9.17) is 4.74 Å². The first-order valence-corrected chi connectivity index (χ1v) is 6.43. The predicted octanol–water partition coefficient (Wildman–Crippen LogP) is 4.70. The highest BCUT2D eigenvalue weighted by atomic mass is 19.1. The number of rotatable bonds is 3. The first-order chi connectivity index (χ1) is 8.95. The summed E-state index contributed by atoms with van der Waals surface area (Å²) in [7, 11) is 0. The highest BCUT2D eigenvalue weighted by Gasteiger charge is 2.12. The van der Waals surface area contributed by atoms with Crippen molar-refractivity contribution in [2.24, 2.45) is 0 Å². The standard InChI is InChI=1S/C17H19FO/c1-17(2,3)14-6-4-13(5-7-14)12-19-16-10-8-15(18)9-11-16/h4-11H,12H2,1-3H3. The Morgan fingerprint density at radius 2 is 1.47 bits per heavy atom. The van der Waals surface area contributed by atoms with Gasteiger partial charge in [-0.2, -0.15) is 0 Å². The van der Waals surface area contributed by atoms with Gasteiger partial charge < -0.3 is 4.74 Å². The van der Waals surface area contributed by atoms with Crippen LogP contribution in [0.1, 0.15) is 31.9 Å². The average Bonchev–Trinajstić information content (AvgIpc) is 2.37. The zero-order valence-electron chi connectivity index (χ0n) is 11.6. The maximum absolute atomic E-state index is 12.8. The summed E-state index contributed by atoms with van der Waals surface area (Å²) < 4.78 is 18.4. The second kappa shape index (κ2) is 5.43. The van der Waals surface area contributed by atoms with Crippen molar-refractivity contribution in [1.29, 1.82) is 0 Å². The lowest BCUT2D eigenvalue weighted by atomic mass is 9.87. The van der Waals surface area contributed by atoms with Crippen molar-refractivity contribution in [3.05, 3.63) is 65.5 Å². The van der Waals surface area contributed by atoms with Crippen LogP contribution < -0.4 is 4.74 Å². The summed E-state index contributed by atoms with van der Waals surface area (Å²) in [6.07, 6.45) is 0. The summed E-state index contributed by atoms with van der Waals surface area (Å²) in [5.74, 6) is 0.433. The lowest BCUT2D eigenvalue weighted by Gasteiger charge is -2.19. The van der Waals surface area contributed by atoms with Gasteiger partial charge in [-0.25, -0.2) is 4.39 Å². The Balaban J connectivity index is 1.98. The summed E-state index contributed by atoms with van der Waals surface area (Å²) in [5, 5.41) is 0. The van der Waals surface area contributed by atoms with E-state index in [9.17, 15) is 4.39 Å². The summed E-state index contributed by atoms with van der Waals surface area (Å²) >= 11 is 0. The van der Waals surface area contributed by atoms with Gasteiger partial charge in [0.25, 0.3) is 0 Å². The Kier molecular flexibility index (Phi) is 3.89. The number of halogens is 1. The third-order valence-corrected chi connectivity index (χ3v) is 3.04. The molecule has 2 rings (SSSR count). The molecule has 0 aliphatic carbocycles. The van der Waals surface area contributed by atoms with Crippen LogP contribution in [-0.2, 0) is 12.0 Å². The van der Waals surface area contributed by atoms with Crippen LogP contribution in [0.3, 0.4) is 0 Å². The highest BCUT2D eigenvalue weighted by Crippen LogP contribution is 2.22. The summed E-state index contributed by atoms with van der Waals surface area (Å²) in [6, 6.07) is 14.5. The van der Waals surface area contributed by atoms with Crippen molar-refractivity contribution >= 4 is 0 Å². The van der Waals surface area contributed by atoms with Crippen LogP contribution in [0.2, 0.25) is 0 Å². The van der Waals surface area contributed by atoms with E-state index in [1.807, 2.05) is 0 Å². The smallest absolute Gasteiger partial charge is 0.123 e. The minimum Gasteiger partial charge on any atom is -0.489 e. The van der Waals surface area contributed by atoms with Gasteiger partial charge in [-0.1, -0.05) is 45.0 Å². The monoisotopic (exact) mass is 258 g/mol. The molecule has 19 heavy (non-hydrogen) atoms. The molecule has 0 bridgehead atoms. The quantitative estimate of drug-likeness (QED) is 0.775. The number of benzene rings is 2. The fourth-order valence-corrected chi connectivity index (χ4v) is 1.80. The van der Waals surface area contributed by atoms with Crippen molar-refractivity contribution in [2.75, 3.05) is 0 Å². The maximum Gasteiger partial charge on any atom is 0.123 e. The van der Waals surface area contributed by atoms with E-state index in [0.29, 0.717) is 12.4 Å². The lowest BCUT2D eigenvalue weighted by molar-refractivity contribution is 0.305.